The van der Waals surface area contributed by atoms with Crippen molar-refractivity contribution in [3.05, 3.63) is 34.4 Å². The number of aliphatic carboxylic acids is 1. The summed E-state index contributed by atoms with van der Waals surface area (Å²) < 4.78 is 9.55. The van der Waals surface area contributed by atoms with Gasteiger partial charge in [-0.15, -0.1) is 0 Å². The van der Waals surface area contributed by atoms with E-state index >= 15 is 0 Å². The third-order valence-electron chi connectivity index (χ3n) is 7.06. The summed E-state index contributed by atoms with van der Waals surface area (Å²) in [5.41, 5.74) is -1.00. The molecule has 0 aromatic carbocycles. The molecule has 0 saturated heterocycles. The predicted octanol–water partition coefficient (Wildman–Crippen LogP) is 1.25. The highest BCUT2D eigenvalue weighted by Gasteiger charge is 2.50. The lowest BCUT2D eigenvalue weighted by atomic mass is 9.80. The molecule has 202 valence electrons. The van der Waals surface area contributed by atoms with Crippen LogP contribution in [0.1, 0.15) is 64.7 Å². The van der Waals surface area contributed by atoms with Gasteiger partial charge in [-0.3, -0.25) is 0 Å². The first-order chi connectivity index (χ1) is 17.6. The topological polar surface area (TPSA) is 185 Å². The number of carboxylic acids is 1. The molecule has 3 rings (SSSR count). The average Bonchev–Trinajstić information content (AvgIpc) is 3.28. The van der Waals surface area contributed by atoms with Crippen LogP contribution in [0.5, 0.6) is 0 Å². The van der Waals surface area contributed by atoms with Crippen molar-refractivity contribution in [1.29, 1.82) is 0 Å². The van der Waals surface area contributed by atoms with E-state index in [2.05, 4.69) is 0 Å². The molecule has 11 nitrogen and oxygen atoms in total. The molecular formula is C26H32O11. The van der Waals surface area contributed by atoms with Crippen LogP contribution in [0.2, 0.25) is 0 Å². The SMILES string of the molecule is CCCCCC[C@H](O)[C@@H]1C2=C(C[C@@H]([C@H](O)CCC=CC(=O)O)CC3=C(C(=O)OC3=O)[C@@H]1O)C(=O)OC2=O. The summed E-state index contributed by atoms with van der Waals surface area (Å²) in [6, 6.07) is 0. The lowest BCUT2D eigenvalue weighted by molar-refractivity contribution is -0.154. The fourth-order valence-corrected chi connectivity index (χ4v) is 5.15. The van der Waals surface area contributed by atoms with Gasteiger partial charge in [0.1, 0.15) is 0 Å². The minimum Gasteiger partial charge on any atom is -0.478 e. The number of ether oxygens (including phenoxy) is 2. The van der Waals surface area contributed by atoms with Crippen molar-refractivity contribution in [2.45, 2.75) is 83.0 Å². The largest absolute Gasteiger partial charge is 0.478 e. The second kappa shape index (κ2) is 12.4. The van der Waals surface area contributed by atoms with Crippen LogP contribution in [0.15, 0.2) is 34.4 Å². The van der Waals surface area contributed by atoms with Gasteiger partial charge in [0.15, 0.2) is 0 Å². The zero-order chi connectivity index (χ0) is 27.3. The molecular weight excluding hydrogens is 488 g/mol. The van der Waals surface area contributed by atoms with Gasteiger partial charge in [-0.25, -0.2) is 24.0 Å². The summed E-state index contributed by atoms with van der Waals surface area (Å²) in [5, 5.41) is 42.0. The molecule has 0 amide bonds. The molecule has 0 radical (unpaired) electrons. The van der Waals surface area contributed by atoms with Gasteiger partial charge in [0.2, 0.25) is 0 Å². The molecule has 4 N–H and O–H groups in total. The van der Waals surface area contributed by atoms with Crippen LogP contribution < -0.4 is 0 Å². The Bertz CT molecular complexity index is 1050. The van der Waals surface area contributed by atoms with Gasteiger partial charge in [-0.1, -0.05) is 38.7 Å². The second-order valence-electron chi connectivity index (χ2n) is 9.58. The summed E-state index contributed by atoms with van der Waals surface area (Å²) in [4.78, 5) is 61.3. The van der Waals surface area contributed by atoms with Gasteiger partial charge >= 0.3 is 29.8 Å². The smallest absolute Gasteiger partial charge is 0.345 e. The molecule has 0 unspecified atom stereocenters. The van der Waals surface area contributed by atoms with E-state index in [-0.39, 0.29) is 48.8 Å². The van der Waals surface area contributed by atoms with Crippen molar-refractivity contribution in [1.82, 2.24) is 0 Å². The number of cyclic esters (lactones) is 4. The Morgan fingerprint density at radius 2 is 1.49 bits per heavy atom. The molecule has 3 aliphatic rings. The van der Waals surface area contributed by atoms with E-state index in [1.807, 2.05) is 6.92 Å². The summed E-state index contributed by atoms with van der Waals surface area (Å²) in [6.07, 6.45) is 1.00. The lowest BCUT2D eigenvalue weighted by Crippen LogP contribution is -2.38. The molecule has 11 heteroatoms. The molecule has 0 saturated carbocycles. The van der Waals surface area contributed by atoms with Crippen molar-refractivity contribution in [2.24, 2.45) is 11.8 Å². The molecule has 0 aromatic heterocycles. The molecule has 0 aromatic rings. The van der Waals surface area contributed by atoms with Gasteiger partial charge in [0.05, 0.1) is 35.0 Å². The fourth-order valence-electron chi connectivity index (χ4n) is 5.15. The third-order valence-corrected chi connectivity index (χ3v) is 7.06. The molecule has 2 heterocycles. The van der Waals surface area contributed by atoms with E-state index < -0.39 is 65.6 Å². The monoisotopic (exact) mass is 520 g/mol. The highest BCUT2D eigenvalue weighted by Crippen LogP contribution is 2.42. The van der Waals surface area contributed by atoms with Crippen molar-refractivity contribution < 1.29 is 53.9 Å². The number of hydrogen-bond acceptors (Lipinski definition) is 10. The van der Waals surface area contributed by atoms with Crippen LogP contribution in [0.4, 0.5) is 0 Å². The van der Waals surface area contributed by atoms with Crippen LogP contribution in [0, 0.1) is 11.8 Å². The van der Waals surface area contributed by atoms with E-state index in [9.17, 15) is 39.3 Å². The van der Waals surface area contributed by atoms with Gasteiger partial charge in [-0.05, 0) is 38.0 Å². The Labute approximate surface area is 213 Å². The highest BCUT2D eigenvalue weighted by molar-refractivity contribution is 6.15. The fraction of sp³-hybridized carbons (Fsp3) is 0.577. The number of hydrogen-bond donors (Lipinski definition) is 4. The van der Waals surface area contributed by atoms with Crippen LogP contribution in [0.3, 0.4) is 0 Å². The standard InChI is InChI=1S/C26H32O11/c1-2-3-4-5-9-17(28)21-19-14(23(32)36-25(19)34)11-13(16(27)8-6-7-10-18(29)30)12-15-20(22(21)31)26(35)37-24(15)33/h7,10,13,16-17,21-22,27-28,31H,2-6,8-9,11-12H2,1H3,(H,29,30)/t13-,16-,17+,21-,22+/m1/s1. The van der Waals surface area contributed by atoms with Gasteiger partial charge in [0, 0.05) is 17.6 Å². The lowest BCUT2D eigenvalue weighted by Gasteiger charge is -2.28. The number of aliphatic hydroxyl groups excluding tert-OH is 3. The zero-order valence-corrected chi connectivity index (χ0v) is 20.6. The number of unbranched alkanes of at least 4 members (excludes halogenated alkanes) is 3. The number of aliphatic hydroxyl groups is 3. The number of carbonyl (C=O) groups excluding carboxylic acids is 4. The summed E-state index contributed by atoms with van der Waals surface area (Å²) in [7, 11) is 0. The van der Waals surface area contributed by atoms with E-state index in [0.29, 0.717) is 6.42 Å². The van der Waals surface area contributed by atoms with Crippen molar-refractivity contribution in [2.75, 3.05) is 0 Å². The predicted molar refractivity (Wildman–Crippen MR) is 125 cm³/mol. The van der Waals surface area contributed by atoms with E-state index in [1.54, 1.807) is 0 Å². The summed E-state index contributed by atoms with van der Waals surface area (Å²) in [5.74, 6) is -7.62. The van der Waals surface area contributed by atoms with Crippen LogP contribution >= 0.6 is 0 Å². The van der Waals surface area contributed by atoms with Crippen LogP contribution in [-0.2, 0) is 33.4 Å². The average molecular weight is 521 g/mol. The minimum absolute atomic E-state index is 0.0533. The Morgan fingerprint density at radius 3 is 2.08 bits per heavy atom. The minimum atomic E-state index is -1.83. The van der Waals surface area contributed by atoms with Crippen molar-refractivity contribution in [3.8, 4) is 0 Å². The highest BCUT2D eigenvalue weighted by atomic mass is 16.6. The number of esters is 4. The maximum atomic E-state index is 12.8. The number of rotatable bonds is 11. The quantitative estimate of drug-likeness (QED) is 0.133. The zero-order valence-electron chi connectivity index (χ0n) is 20.6. The Morgan fingerprint density at radius 1 is 0.892 bits per heavy atom. The molecule has 5 atom stereocenters. The van der Waals surface area contributed by atoms with Crippen LogP contribution in [0.25, 0.3) is 0 Å². The Balaban J connectivity index is 2.03. The first-order valence-electron chi connectivity index (χ1n) is 12.5. The number of carboxylic acid groups (broad SMARTS) is 1. The van der Waals surface area contributed by atoms with Gasteiger partial charge in [0.25, 0.3) is 0 Å². The molecule has 0 spiro atoms. The number of carbonyl (C=O) groups is 5. The van der Waals surface area contributed by atoms with E-state index in [4.69, 9.17) is 14.6 Å². The van der Waals surface area contributed by atoms with Gasteiger partial charge in [-0.2, -0.15) is 0 Å². The van der Waals surface area contributed by atoms with Crippen LogP contribution in [-0.4, -0.2) is 68.6 Å². The van der Waals surface area contributed by atoms with Crippen molar-refractivity contribution in [3.63, 3.8) is 0 Å². The third kappa shape index (κ3) is 6.41. The molecule has 0 fully saturated rings. The first kappa shape index (κ1) is 28.4. The van der Waals surface area contributed by atoms with E-state index in [1.165, 1.54) is 6.08 Å². The number of allylic oxidation sites excluding steroid dienone is 1. The molecule has 1 aliphatic carbocycles. The second-order valence-corrected chi connectivity index (χ2v) is 9.58. The van der Waals surface area contributed by atoms with E-state index in [0.717, 1.165) is 25.3 Å². The Hall–Kier alpha value is -3.15. The first-order valence-corrected chi connectivity index (χ1v) is 12.5. The summed E-state index contributed by atoms with van der Waals surface area (Å²) in [6.45, 7) is 2.01. The molecule has 2 aliphatic heterocycles. The molecule has 0 bridgehead atoms. The Kier molecular flexibility index (Phi) is 9.52. The maximum absolute atomic E-state index is 12.8. The summed E-state index contributed by atoms with van der Waals surface area (Å²) >= 11 is 0. The molecule has 37 heavy (non-hydrogen) atoms. The normalized spacial score (nSPS) is 25.9. The van der Waals surface area contributed by atoms with Gasteiger partial charge < -0.3 is 29.9 Å². The van der Waals surface area contributed by atoms with Crippen molar-refractivity contribution >= 4 is 29.8 Å². The maximum Gasteiger partial charge on any atom is 0.345 e.